The predicted molar refractivity (Wildman–Crippen MR) is 58.1 cm³/mol. The van der Waals surface area contributed by atoms with Gasteiger partial charge in [0, 0.05) is 17.2 Å². The molecule has 0 aromatic heterocycles. The average Bonchev–Trinajstić information content (AvgIpc) is 2.16. The summed E-state index contributed by atoms with van der Waals surface area (Å²) < 4.78 is 13.6. The van der Waals surface area contributed by atoms with Gasteiger partial charge in [-0.2, -0.15) is 0 Å². The highest BCUT2D eigenvalue weighted by molar-refractivity contribution is 9.10. The van der Waals surface area contributed by atoms with E-state index in [0.29, 0.717) is 5.69 Å². The number of nitrogens with zero attached hydrogens (tertiary/aromatic N) is 1. The molecule has 0 aliphatic carbocycles. The first-order valence-corrected chi connectivity index (χ1v) is 4.99. The molecule has 0 heterocycles. The molecule has 0 saturated heterocycles. The van der Waals surface area contributed by atoms with Crippen LogP contribution in [0, 0.1) is 0 Å². The van der Waals surface area contributed by atoms with Crippen LogP contribution in [0.4, 0.5) is 10.1 Å². The Balaban J connectivity index is 2.84. The minimum Gasteiger partial charge on any atom is -0.313 e. The van der Waals surface area contributed by atoms with E-state index in [9.17, 15) is 9.18 Å². The smallest absolute Gasteiger partial charge is 0.260 e. The molecule has 0 fully saturated rings. The van der Waals surface area contributed by atoms with Crippen molar-refractivity contribution in [1.29, 1.82) is 0 Å². The third-order valence-corrected chi connectivity index (χ3v) is 2.41. The first kappa shape index (κ1) is 11.2. The fraction of sp³-hybridized carbons (Fsp3) is 0.300. The summed E-state index contributed by atoms with van der Waals surface area (Å²) in [5.41, 5.74) is 0.683. The molecule has 0 N–H and O–H groups in total. The quantitative estimate of drug-likeness (QED) is 0.800. The van der Waals surface area contributed by atoms with Crippen LogP contribution in [0.2, 0.25) is 0 Å². The predicted octanol–water partition coefficient (Wildman–Crippen LogP) is 2.77. The van der Waals surface area contributed by atoms with E-state index in [1.54, 1.807) is 19.2 Å². The maximum absolute atomic E-state index is 12.7. The number of hydrogen-bond acceptors (Lipinski definition) is 1. The minimum absolute atomic E-state index is 0.535. The van der Waals surface area contributed by atoms with Crippen LogP contribution in [0.15, 0.2) is 28.7 Å². The molecule has 1 atom stereocenters. The second-order valence-corrected chi connectivity index (χ2v) is 3.91. The highest BCUT2D eigenvalue weighted by atomic mass is 79.9. The van der Waals surface area contributed by atoms with Crippen LogP contribution in [0.3, 0.4) is 0 Å². The Hall–Kier alpha value is -0.900. The standard InChI is InChI=1S/C10H11BrFNO/c1-7(12)10(14)13(2)9-5-3-8(11)4-6-9/h3-7H,1-2H3. The van der Waals surface area contributed by atoms with E-state index in [1.807, 2.05) is 12.1 Å². The van der Waals surface area contributed by atoms with Gasteiger partial charge in [0.1, 0.15) is 0 Å². The SMILES string of the molecule is CC(F)C(=O)N(C)c1ccc(Br)cc1. The molecular formula is C10H11BrFNO. The van der Waals surface area contributed by atoms with Crippen molar-refractivity contribution < 1.29 is 9.18 Å². The average molecular weight is 260 g/mol. The van der Waals surface area contributed by atoms with Gasteiger partial charge in [0.2, 0.25) is 0 Å². The zero-order chi connectivity index (χ0) is 10.7. The molecular weight excluding hydrogens is 249 g/mol. The van der Waals surface area contributed by atoms with Crippen LogP contribution in [-0.2, 0) is 4.79 Å². The van der Waals surface area contributed by atoms with Gasteiger partial charge in [0.15, 0.2) is 6.17 Å². The van der Waals surface area contributed by atoms with E-state index in [1.165, 1.54) is 11.8 Å². The Bertz CT molecular complexity index is 323. The van der Waals surface area contributed by atoms with Crippen molar-refractivity contribution in [3.8, 4) is 0 Å². The van der Waals surface area contributed by atoms with Gasteiger partial charge >= 0.3 is 0 Å². The largest absolute Gasteiger partial charge is 0.313 e. The Labute approximate surface area is 90.8 Å². The summed E-state index contributed by atoms with van der Waals surface area (Å²) in [7, 11) is 1.56. The summed E-state index contributed by atoms with van der Waals surface area (Å²) in [6.45, 7) is 1.23. The lowest BCUT2D eigenvalue weighted by atomic mass is 10.3. The Morgan fingerprint density at radius 2 is 1.93 bits per heavy atom. The van der Waals surface area contributed by atoms with Crippen molar-refractivity contribution in [2.24, 2.45) is 0 Å². The molecule has 0 spiro atoms. The van der Waals surface area contributed by atoms with Crippen LogP contribution < -0.4 is 4.90 Å². The molecule has 0 aliphatic heterocycles. The number of hydrogen-bond donors (Lipinski definition) is 0. The topological polar surface area (TPSA) is 20.3 Å². The molecule has 0 bridgehead atoms. The second kappa shape index (κ2) is 4.55. The van der Waals surface area contributed by atoms with Gasteiger partial charge < -0.3 is 4.90 Å². The van der Waals surface area contributed by atoms with E-state index in [4.69, 9.17) is 0 Å². The third-order valence-electron chi connectivity index (χ3n) is 1.88. The number of carbonyl (C=O) groups is 1. The van der Waals surface area contributed by atoms with Crippen molar-refractivity contribution >= 4 is 27.5 Å². The molecule has 0 saturated carbocycles. The van der Waals surface area contributed by atoms with Crippen LogP contribution >= 0.6 is 15.9 Å². The van der Waals surface area contributed by atoms with Gasteiger partial charge in [0.05, 0.1) is 0 Å². The molecule has 1 aromatic carbocycles. The summed E-state index contributed by atoms with van der Waals surface area (Å²) in [6, 6.07) is 7.12. The summed E-state index contributed by atoms with van der Waals surface area (Å²) in [5, 5.41) is 0. The number of carbonyl (C=O) groups excluding carboxylic acids is 1. The van der Waals surface area contributed by atoms with Crippen molar-refractivity contribution in [3.05, 3.63) is 28.7 Å². The molecule has 1 unspecified atom stereocenters. The first-order chi connectivity index (χ1) is 6.52. The number of amides is 1. The number of benzene rings is 1. The maximum atomic E-state index is 12.7. The maximum Gasteiger partial charge on any atom is 0.260 e. The molecule has 76 valence electrons. The van der Waals surface area contributed by atoms with E-state index in [2.05, 4.69) is 15.9 Å². The van der Waals surface area contributed by atoms with Gasteiger partial charge in [-0.25, -0.2) is 4.39 Å². The van der Waals surface area contributed by atoms with Gasteiger partial charge in [0.25, 0.3) is 5.91 Å². The van der Waals surface area contributed by atoms with Crippen molar-refractivity contribution in [3.63, 3.8) is 0 Å². The van der Waals surface area contributed by atoms with E-state index in [0.717, 1.165) is 4.47 Å². The van der Waals surface area contributed by atoms with Crippen molar-refractivity contribution in [2.45, 2.75) is 13.1 Å². The van der Waals surface area contributed by atoms with Gasteiger partial charge in [-0.3, -0.25) is 4.79 Å². The van der Waals surface area contributed by atoms with E-state index >= 15 is 0 Å². The molecule has 2 nitrogen and oxygen atoms in total. The van der Waals surface area contributed by atoms with E-state index in [-0.39, 0.29) is 0 Å². The van der Waals surface area contributed by atoms with Crippen molar-refractivity contribution in [1.82, 2.24) is 0 Å². The number of alkyl halides is 1. The minimum atomic E-state index is -1.47. The molecule has 1 amide bonds. The van der Waals surface area contributed by atoms with E-state index < -0.39 is 12.1 Å². The molecule has 4 heteroatoms. The molecule has 14 heavy (non-hydrogen) atoms. The number of rotatable bonds is 2. The Morgan fingerprint density at radius 1 is 1.43 bits per heavy atom. The fourth-order valence-electron chi connectivity index (χ4n) is 1.06. The van der Waals surface area contributed by atoms with Gasteiger partial charge in [-0.05, 0) is 31.2 Å². The molecule has 0 aliphatic rings. The van der Waals surface area contributed by atoms with Crippen molar-refractivity contribution in [2.75, 3.05) is 11.9 Å². The second-order valence-electron chi connectivity index (χ2n) is 2.99. The monoisotopic (exact) mass is 259 g/mol. The summed E-state index contributed by atoms with van der Waals surface area (Å²) >= 11 is 3.28. The molecule has 0 radical (unpaired) electrons. The van der Waals surface area contributed by atoms with Gasteiger partial charge in [-0.15, -0.1) is 0 Å². The lowest BCUT2D eigenvalue weighted by Crippen LogP contribution is -2.32. The number of halogens is 2. The fourth-order valence-corrected chi connectivity index (χ4v) is 1.32. The zero-order valence-corrected chi connectivity index (χ0v) is 9.58. The van der Waals surface area contributed by atoms with Crippen LogP contribution in [0.5, 0.6) is 0 Å². The highest BCUT2D eigenvalue weighted by Gasteiger charge is 2.17. The summed E-state index contributed by atoms with van der Waals surface area (Å²) in [4.78, 5) is 12.6. The van der Waals surface area contributed by atoms with Gasteiger partial charge in [-0.1, -0.05) is 15.9 Å². The summed E-state index contributed by atoms with van der Waals surface area (Å²) in [6.07, 6.45) is -1.47. The van der Waals surface area contributed by atoms with Crippen LogP contribution in [0.25, 0.3) is 0 Å². The lowest BCUT2D eigenvalue weighted by Gasteiger charge is -2.17. The molecule has 1 aromatic rings. The zero-order valence-electron chi connectivity index (χ0n) is 8.00. The first-order valence-electron chi connectivity index (χ1n) is 4.19. The number of anilines is 1. The highest BCUT2D eigenvalue weighted by Crippen LogP contribution is 2.18. The Morgan fingerprint density at radius 3 is 2.36 bits per heavy atom. The third kappa shape index (κ3) is 2.54. The lowest BCUT2D eigenvalue weighted by molar-refractivity contribution is -0.122. The molecule has 1 rings (SSSR count). The van der Waals surface area contributed by atoms with Crippen LogP contribution in [-0.4, -0.2) is 19.1 Å². The van der Waals surface area contributed by atoms with Crippen LogP contribution in [0.1, 0.15) is 6.92 Å². The summed E-state index contributed by atoms with van der Waals surface area (Å²) in [5.74, 6) is -0.535. The normalized spacial score (nSPS) is 12.3. The Kier molecular flexibility index (Phi) is 3.63.